The molecule has 5 heteroatoms. The summed E-state index contributed by atoms with van der Waals surface area (Å²) in [6.45, 7) is 0. The van der Waals surface area contributed by atoms with E-state index in [2.05, 4.69) is 0 Å². The molecule has 0 spiro atoms. The van der Waals surface area contributed by atoms with E-state index in [0.717, 1.165) is 0 Å². The van der Waals surface area contributed by atoms with Crippen LogP contribution < -0.4 is 5.43 Å². The number of aryl methyl sites for hydroxylation is 1. The molecule has 92 valence electrons. The van der Waals surface area contributed by atoms with E-state index in [1.165, 1.54) is 35.2 Å². The van der Waals surface area contributed by atoms with Gasteiger partial charge in [0.15, 0.2) is 0 Å². The maximum absolute atomic E-state index is 13.1. The van der Waals surface area contributed by atoms with Gasteiger partial charge in [0.1, 0.15) is 11.4 Å². The summed E-state index contributed by atoms with van der Waals surface area (Å²) in [6.07, 6.45) is 2.71. The van der Waals surface area contributed by atoms with Gasteiger partial charge in [-0.15, -0.1) is 0 Å². The van der Waals surface area contributed by atoms with E-state index >= 15 is 0 Å². The Hall–Kier alpha value is -2.43. The van der Waals surface area contributed by atoms with Gasteiger partial charge in [0.2, 0.25) is 5.43 Å². The van der Waals surface area contributed by atoms with Gasteiger partial charge in [-0.25, -0.2) is 9.18 Å². The lowest BCUT2D eigenvalue weighted by atomic mass is 10.1. The van der Waals surface area contributed by atoms with E-state index in [0.29, 0.717) is 5.56 Å². The van der Waals surface area contributed by atoms with Gasteiger partial charge in [0.05, 0.1) is 0 Å². The highest BCUT2D eigenvalue weighted by Crippen LogP contribution is 2.16. The first-order chi connectivity index (χ1) is 8.49. The van der Waals surface area contributed by atoms with Gasteiger partial charge in [0.25, 0.3) is 0 Å². The molecule has 0 bridgehead atoms. The number of benzene rings is 1. The Bertz CT molecular complexity index is 676. The number of hydrogen-bond donors (Lipinski definition) is 1. The maximum atomic E-state index is 13.1. The predicted molar refractivity (Wildman–Crippen MR) is 64.0 cm³/mol. The molecule has 0 atom stereocenters. The fourth-order valence-corrected chi connectivity index (χ4v) is 1.72. The summed E-state index contributed by atoms with van der Waals surface area (Å²) in [6, 6.07) is 5.49. The molecule has 0 saturated carbocycles. The van der Waals surface area contributed by atoms with Gasteiger partial charge in [-0.3, -0.25) is 4.79 Å². The van der Waals surface area contributed by atoms with Crippen molar-refractivity contribution >= 4 is 5.97 Å². The van der Waals surface area contributed by atoms with Crippen LogP contribution in [0.1, 0.15) is 10.4 Å². The standard InChI is InChI=1S/C13H10FNO3/c1-15-6-10(8-3-2-4-9(14)5-8)12(16)11(7-15)13(17)18/h2-7H,1H3,(H,17,18). The summed E-state index contributed by atoms with van der Waals surface area (Å²) in [5.74, 6) is -1.77. The number of carboxylic acid groups (broad SMARTS) is 1. The van der Waals surface area contributed by atoms with Crippen molar-refractivity contribution in [3.8, 4) is 11.1 Å². The molecule has 0 amide bonds. The third-order valence-electron chi connectivity index (χ3n) is 2.52. The number of aromatic carboxylic acids is 1. The first-order valence-electron chi connectivity index (χ1n) is 5.18. The van der Waals surface area contributed by atoms with Crippen LogP contribution in [0.2, 0.25) is 0 Å². The average molecular weight is 247 g/mol. The van der Waals surface area contributed by atoms with E-state index in [1.54, 1.807) is 13.1 Å². The second-order valence-electron chi connectivity index (χ2n) is 3.90. The molecule has 1 heterocycles. The van der Waals surface area contributed by atoms with Crippen molar-refractivity contribution in [3.63, 3.8) is 0 Å². The summed E-state index contributed by atoms with van der Waals surface area (Å²) in [5, 5.41) is 8.93. The van der Waals surface area contributed by atoms with E-state index < -0.39 is 17.2 Å². The zero-order valence-corrected chi connectivity index (χ0v) is 9.55. The van der Waals surface area contributed by atoms with Gasteiger partial charge in [-0.1, -0.05) is 12.1 Å². The van der Waals surface area contributed by atoms with Crippen molar-refractivity contribution in [2.45, 2.75) is 0 Å². The lowest BCUT2D eigenvalue weighted by molar-refractivity contribution is 0.0694. The number of halogens is 1. The van der Waals surface area contributed by atoms with Gasteiger partial charge in [0, 0.05) is 25.0 Å². The van der Waals surface area contributed by atoms with Crippen molar-refractivity contribution in [3.05, 3.63) is 58.3 Å². The monoisotopic (exact) mass is 247 g/mol. The van der Waals surface area contributed by atoms with Crippen LogP contribution in [-0.2, 0) is 7.05 Å². The highest BCUT2D eigenvalue weighted by Gasteiger charge is 2.14. The van der Waals surface area contributed by atoms with Gasteiger partial charge < -0.3 is 9.67 Å². The molecular weight excluding hydrogens is 237 g/mol. The zero-order valence-electron chi connectivity index (χ0n) is 9.55. The molecule has 2 rings (SSSR count). The fourth-order valence-electron chi connectivity index (χ4n) is 1.72. The van der Waals surface area contributed by atoms with Crippen molar-refractivity contribution in [1.82, 2.24) is 4.57 Å². The van der Waals surface area contributed by atoms with Crippen LogP contribution in [0.5, 0.6) is 0 Å². The summed E-state index contributed by atoms with van der Waals surface area (Å²) in [7, 11) is 1.61. The lowest BCUT2D eigenvalue weighted by Gasteiger charge is -2.06. The SMILES string of the molecule is Cn1cc(C(=O)O)c(=O)c(-c2cccc(F)c2)c1. The highest BCUT2D eigenvalue weighted by atomic mass is 19.1. The number of carboxylic acids is 1. The van der Waals surface area contributed by atoms with Gasteiger partial charge in [-0.05, 0) is 17.7 Å². The second kappa shape index (κ2) is 4.44. The first kappa shape index (κ1) is 12.0. The van der Waals surface area contributed by atoms with Crippen LogP contribution in [0.25, 0.3) is 11.1 Å². The minimum atomic E-state index is -1.30. The topological polar surface area (TPSA) is 59.3 Å². The quantitative estimate of drug-likeness (QED) is 0.881. The van der Waals surface area contributed by atoms with E-state index in [1.807, 2.05) is 0 Å². The molecule has 2 aromatic rings. The molecule has 0 fully saturated rings. The number of nitrogens with zero attached hydrogens (tertiary/aromatic N) is 1. The molecular formula is C13H10FNO3. The Morgan fingerprint density at radius 2 is 2.06 bits per heavy atom. The molecule has 4 nitrogen and oxygen atoms in total. The number of rotatable bonds is 2. The highest BCUT2D eigenvalue weighted by molar-refractivity contribution is 5.88. The summed E-state index contributed by atoms with van der Waals surface area (Å²) in [4.78, 5) is 22.9. The van der Waals surface area contributed by atoms with Crippen molar-refractivity contribution < 1.29 is 14.3 Å². The Morgan fingerprint density at radius 1 is 1.33 bits per heavy atom. The number of hydrogen-bond acceptors (Lipinski definition) is 2. The predicted octanol–water partition coefficient (Wildman–Crippen LogP) is 1.89. The van der Waals surface area contributed by atoms with Crippen LogP contribution in [0.4, 0.5) is 4.39 Å². The molecule has 0 aliphatic heterocycles. The molecule has 0 aliphatic carbocycles. The molecule has 0 unspecified atom stereocenters. The van der Waals surface area contributed by atoms with Crippen LogP contribution >= 0.6 is 0 Å². The maximum Gasteiger partial charge on any atom is 0.341 e. The normalized spacial score (nSPS) is 10.3. The number of pyridine rings is 1. The summed E-state index contributed by atoms with van der Waals surface area (Å²) in [5.41, 5.74) is -0.430. The minimum Gasteiger partial charge on any atom is -0.477 e. The molecule has 0 saturated heterocycles. The number of aromatic nitrogens is 1. The average Bonchev–Trinajstić information content (AvgIpc) is 2.31. The first-order valence-corrected chi connectivity index (χ1v) is 5.18. The van der Waals surface area contributed by atoms with Crippen LogP contribution in [0, 0.1) is 5.82 Å². The Balaban J connectivity index is 2.72. The Morgan fingerprint density at radius 3 is 2.67 bits per heavy atom. The van der Waals surface area contributed by atoms with Crippen molar-refractivity contribution in [1.29, 1.82) is 0 Å². The van der Waals surface area contributed by atoms with Crippen LogP contribution in [0.15, 0.2) is 41.5 Å². The molecule has 0 aliphatic rings. The molecule has 1 aromatic carbocycles. The molecule has 18 heavy (non-hydrogen) atoms. The minimum absolute atomic E-state index is 0.164. The van der Waals surface area contributed by atoms with E-state index in [4.69, 9.17) is 5.11 Å². The lowest BCUT2D eigenvalue weighted by Crippen LogP contribution is -2.18. The molecule has 1 N–H and O–H groups in total. The van der Waals surface area contributed by atoms with Gasteiger partial charge >= 0.3 is 5.97 Å². The Labute approximate surface area is 102 Å². The number of carbonyl (C=O) groups is 1. The molecule has 0 radical (unpaired) electrons. The molecule has 1 aromatic heterocycles. The fraction of sp³-hybridized carbons (Fsp3) is 0.0769. The summed E-state index contributed by atoms with van der Waals surface area (Å²) < 4.78 is 14.6. The smallest absolute Gasteiger partial charge is 0.341 e. The zero-order chi connectivity index (χ0) is 13.3. The second-order valence-corrected chi connectivity index (χ2v) is 3.90. The summed E-state index contributed by atoms with van der Waals surface area (Å²) >= 11 is 0. The van der Waals surface area contributed by atoms with Crippen LogP contribution in [0.3, 0.4) is 0 Å². The third kappa shape index (κ3) is 2.15. The van der Waals surface area contributed by atoms with Crippen LogP contribution in [-0.4, -0.2) is 15.6 Å². The largest absolute Gasteiger partial charge is 0.477 e. The van der Waals surface area contributed by atoms with E-state index in [-0.39, 0.29) is 11.1 Å². The van der Waals surface area contributed by atoms with Crippen molar-refractivity contribution in [2.24, 2.45) is 7.05 Å². The van der Waals surface area contributed by atoms with Crippen molar-refractivity contribution in [2.75, 3.05) is 0 Å². The Kier molecular flexibility index (Phi) is 2.97. The van der Waals surface area contributed by atoms with E-state index in [9.17, 15) is 14.0 Å². The van der Waals surface area contributed by atoms with Gasteiger partial charge in [-0.2, -0.15) is 0 Å². The third-order valence-corrected chi connectivity index (χ3v) is 2.52.